The molecule has 0 aliphatic carbocycles. The normalized spacial score (nSPS) is 10.2. The highest BCUT2D eigenvalue weighted by atomic mass is 79.9. The van der Waals surface area contributed by atoms with Crippen LogP contribution in [0.4, 0.5) is 4.39 Å². The first-order valence-corrected chi connectivity index (χ1v) is 4.22. The number of aliphatic hydroxyl groups excluding tert-OH is 1. The lowest BCUT2D eigenvalue weighted by Gasteiger charge is -2.03. The van der Waals surface area contributed by atoms with Gasteiger partial charge in [-0.05, 0) is 18.6 Å². The van der Waals surface area contributed by atoms with E-state index in [-0.39, 0.29) is 18.8 Å². The Morgan fingerprint density at radius 1 is 1.42 bits per heavy atom. The molecular formula is C8H8BrFO2. The molecule has 0 saturated carbocycles. The molecule has 2 N–H and O–H groups in total. The summed E-state index contributed by atoms with van der Waals surface area (Å²) in [4.78, 5) is 0. The number of aromatic hydroxyl groups is 1. The van der Waals surface area contributed by atoms with Crippen molar-refractivity contribution in [2.45, 2.75) is 6.42 Å². The highest BCUT2D eigenvalue weighted by Gasteiger charge is 2.07. The zero-order valence-corrected chi connectivity index (χ0v) is 7.81. The molecule has 0 saturated heterocycles. The summed E-state index contributed by atoms with van der Waals surface area (Å²) in [6.45, 7) is -0.108. The standard InChI is InChI=1S/C8H8BrFO2/c9-6-3-5(1-2-11)8(12)7(10)4-6/h3-4,11-12H,1-2H2. The van der Waals surface area contributed by atoms with E-state index < -0.39 is 5.82 Å². The van der Waals surface area contributed by atoms with E-state index in [1.54, 1.807) is 6.07 Å². The smallest absolute Gasteiger partial charge is 0.166 e. The molecule has 1 rings (SSSR count). The fourth-order valence-corrected chi connectivity index (χ4v) is 1.41. The van der Waals surface area contributed by atoms with E-state index in [0.717, 1.165) is 0 Å². The maximum atomic E-state index is 12.8. The van der Waals surface area contributed by atoms with Gasteiger partial charge >= 0.3 is 0 Å². The molecule has 0 bridgehead atoms. The van der Waals surface area contributed by atoms with Gasteiger partial charge in [-0.15, -0.1) is 0 Å². The van der Waals surface area contributed by atoms with Crippen LogP contribution >= 0.6 is 15.9 Å². The summed E-state index contributed by atoms with van der Waals surface area (Å²) in [6.07, 6.45) is 0.252. The number of phenols is 1. The monoisotopic (exact) mass is 234 g/mol. The minimum Gasteiger partial charge on any atom is -0.505 e. The van der Waals surface area contributed by atoms with Crippen molar-refractivity contribution in [3.63, 3.8) is 0 Å². The topological polar surface area (TPSA) is 40.5 Å². The molecule has 66 valence electrons. The SMILES string of the molecule is OCCc1cc(Br)cc(F)c1O. The van der Waals surface area contributed by atoms with Gasteiger partial charge in [-0.2, -0.15) is 0 Å². The zero-order chi connectivity index (χ0) is 9.14. The van der Waals surface area contributed by atoms with Gasteiger partial charge in [0.2, 0.25) is 0 Å². The maximum Gasteiger partial charge on any atom is 0.166 e. The largest absolute Gasteiger partial charge is 0.505 e. The Labute approximate surface area is 77.8 Å². The van der Waals surface area contributed by atoms with Crippen LogP contribution in [0, 0.1) is 5.82 Å². The highest BCUT2D eigenvalue weighted by molar-refractivity contribution is 9.10. The molecule has 0 fully saturated rings. The first-order valence-electron chi connectivity index (χ1n) is 3.43. The Bertz CT molecular complexity index is 289. The van der Waals surface area contributed by atoms with Gasteiger partial charge in [0.1, 0.15) is 0 Å². The van der Waals surface area contributed by atoms with E-state index in [9.17, 15) is 4.39 Å². The van der Waals surface area contributed by atoms with Crippen LogP contribution in [0.15, 0.2) is 16.6 Å². The van der Waals surface area contributed by atoms with Crippen LogP contribution in [0.1, 0.15) is 5.56 Å². The van der Waals surface area contributed by atoms with Gasteiger partial charge < -0.3 is 10.2 Å². The Morgan fingerprint density at radius 3 is 2.67 bits per heavy atom. The van der Waals surface area contributed by atoms with Crippen molar-refractivity contribution >= 4 is 15.9 Å². The quantitative estimate of drug-likeness (QED) is 0.820. The third-order valence-electron chi connectivity index (χ3n) is 1.49. The molecule has 12 heavy (non-hydrogen) atoms. The van der Waals surface area contributed by atoms with E-state index in [1.807, 2.05) is 0 Å². The van der Waals surface area contributed by atoms with Crippen molar-refractivity contribution in [2.75, 3.05) is 6.61 Å². The van der Waals surface area contributed by atoms with Gasteiger partial charge in [-0.3, -0.25) is 0 Å². The lowest BCUT2D eigenvalue weighted by atomic mass is 10.1. The van der Waals surface area contributed by atoms with Crippen molar-refractivity contribution in [3.05, 3.63) is 28.0 Å². The van der Waals surface area contributed by atoms with Crippen molar-refractivity contribution in [3.8, 4) is 5.75 Å². The van der Waals surface area contributed by atoms with Crippen LogP contribution in [0.2, 0.25) is 0 Å². The van der Waals surface area contributed by atoms with Crippen molar-refractivity contribution in [1.29, 1.82) is 0 Å². The summed E-state index contributed by atoms with van der Waals surface area (Å²) < 4.78 is 13.4. The van der Waals surface area contributed by atoms with E-state index >= 15 is 0 Å². The average Bonchev–Trinajstić information content (AvgIpc) is 2.00. The summed E-state index contributed by atoms with van der Waals surface area (Å²) in [5, 5.41) is 17.7. The third-order valence-corrected chi connectivity index (χ3v) is 1.95. The molecular weight excluding hydrogens is 227 g/mol. The molecule has 4 heteroatoms. The predicted molar refractivity (Wildman–Crippen MR) is 46.6 cm³/mol. The molecule has 0 amide bonds. The van der Waals surface area contributed by atoms with E-state index in [2.05, 4.69) is 15.9 Å². The second-order valence-corrected chi connectivity index (χ2v) is 3.28. The molecule has 0 heterocycles. The maximum absolute atomic E-state index is 12.8. The lowest BCUT2D eigenvalue weighted by molar-refractivity contribution is 0.296. The van der Waals surface area contributed by atoms with Gasteiger partial charge in [0.05, 0.1) is 0 Å². The number of benzene rings is 1. The first-order chi connectivity index (χ1) is 5.65. The number of aliphatic hydroxyl groups is 1. The molecule has 1 aromatic rings. The van der Waals surface area contributed by atoms with Gasteiger partial charge in [-0.25, -0.2) is 4.39 Å². The van der Waals surface area contributed by atoms with Gasteiger partial charge in [-0.1, -0.05) is 15.9 Å². The number of hydrogen-bond acceptors (Lipinski definition) is 2. The molecule has 0 aliphatic rings. The van der Waals surface area contributed by atoms with Crippen LogP contribution in [-0.4, -0.2) is 16.8 Å². The summed E-state index contributed by atoms with van der Waals surface area (Å²) in [5.41, 5.74) is 0.407. The fourth-order valence-electron chi connectivity index (χ4n) is 0.930. The van der Waals surface area contributed by atoms with Crippen molar-refractivity contribution < 1.29 is 14.6 Å². The first kappa shape index (κ1) is 9.48. The fraction of sp³-hybridized carbons (Fsp3) is 0.250. The third kappa shape index (κ3) is 1.95. The molecule has 0 spiro atoms. The Hall–Kier alpha value is -0.610. The number of hydrogen-bond donors (Lipinski definition) is 2. The summed E-state index contributed by atoms with van der Waals surface area (Å²) in [5.74, 6) is -1.06. The van der Waals surface area contributed by atoms with Gasteiger partial charge in [0, 0.05) is 16.6 Å². The summed E-state index contributed by atoms with van der Waals surface area (Å²) >= 11 is 3.08. The van der Waals surface area contributed by atoms with E-state index in [1.165, 1.54) is 6.07 Å². The van der Waals surface area contributed by atoms with Crippen molar-refractivity contribution in [2.24, 2.45) is 0 Å². The Balaban J connectivity index is 3.09. The molecule has 0 aliphatic heterocycles. The molecule has 0 aromatic heterocycles. The van der Waals surface area contributed by atoms with E-state index in [0.29, 0.717) is 10.0 Å². The predicted octanol–water partition coefficient (Wildman–Crippen LogP) is 1.83. The number of phenolic OH excluding ortho intramolecular Hbond substituents is 1. The van der Waals surface area contributed by atoms with Crippen LogP contribution < -0.4 is 0 Å². The minimum atomic E-state index is -0.673. The van der Waals surface area contributed by atoms with Gasteiger partial charge in [0.25, 0.3) is 0 Å². The molecule has 0 atom stereocenters. The number of halogens is 2. The number of rotatable bonds is 2. The van der Waals surface area contributed by atoms with E-state index in [4.69, 9.17) is 10.2 Å². The molecule has 2 nitrogen and oxygen atoms in total. The van der Waals surface area contributed by atoms with Crippen LogP contribution in [-0.2, 0) is 6.42 Å². The molecule has 0 radical (unpaired) electrons. The zero-order valence-electron chi connectivity index (χ0n) is 6.22. The second-order valence-electron chi connectivity index (χ2n) is 2.37. The lowest BCUT2D eigenvalue weighted by Crippen LogP contribution is -1.93. The summed E-state index contributed by atoms with van der Waals surface area (Å²) in [6, 6.07) is 2.75. The molecule has 1 aromatic carbocycles. The second kappa shape index (κ2) is 3.87. The van der Waals surface area contributed by atoms with Gasteiger partial charge in [0.15, 0.2) is 11.6 Å². The van der Waals surface area contributed by atoms with Crippen LogP contribution in [0.3, 0.4) is 0 Å². The van der Waals surface area contributed by atoms with Crippen LogP contribution in [0.5, 0.6) is 5.75 Å². The average molecular weight is 235 g/mol. The van der Waals surface area contributed by atoms with Crippen molar-refractivity contribution in [1.82, 2.24) is 0 Å². The summed E-state index contributed by atoms with van der Waals surface area (Å²) in [7, 11) is 0. The van der Waals surface area contributed by atoms with Crippen LogP contribution in [0.25, 0.3) is 0 Å². The Kier molecular flexibility index (Phi) is 3.05. The highest BCUT2D eigenvalue weighted by Crippen LogP contribution is 2.25. The molecule has 0 unspecified atom stereocenters. The Morgan fingerprint density at radius 2 is 2.08 bits per heavy atom. The minimum absolute atomic E-state index is 0.108.